The molecule has 0 aliphatic rings. The predicted molar refractivity (Wildman–Crippen MR) is 64.7 cm³/mol. The highest BCUT2D eigenvalue weighted by atomic mass is 19.3. The van der Waals surface area contributed by atoms with Gasteiger partial charge in [0.25, 0.3) is 5.91 Å². The largest absolute Gasteiger partial charge is 0.349 e. The molecule has 112 valence electrons. The molecule has 0 atom stereocenters. The summed E-state index contributed by atoms with van der Waals surface area (Å²) < 4.78 is 26.2. The Balaban J connectivity index is 1.84. The van der Waals surface area contributed by atoms with Crippen LogP contribution in [0.2, 0.25) is 0 Å². The molecule has 0 bridgehead atoms. The van der Waals surface area contributed by atoms with Gasteiger partial charge in [-0.3, -0.25) is 19.6 Å². The fourth-order valence-electron chi connectivity index (χ4n) is 1.51. The predicted octanol–water partition coefficient (Wildman–Crippen LogP) is 0.813. The van der Waals surface area contributed by atoms with Gasteiger partial charge in [-0.25, -0.2) is 4.68 Å². The second kappa shape index (κ2) is 6.07. The van der Waals surface area contributed by atoms with Crippen molar-refractivity contribution >= 4 is 11.6 Å². The smallest absolute Gasteiger partial charge is 0.333 e. The molecule has 0 saturated heterocycles. The van der Waals surface area contributed by atoms with Gasteiger partial charge in [-0.1, -0.05) is 0 Å². The van der Waals surface area contributed by atoms with Crippen molar-refractivity contribution in [3.63, 3.8) is 0 Å². The van der Waals surface area contributed by atoms with Crippen LogP contribution in [0.3, 0.4) is 0 Å². The molecule has 0 spiro atoms. The molecular weight excluding hydrogens is 290 g/mol. The van der Waals surface area contributed by atoms with E-state index in [1.807, 2.05) is 0 Å². The SMILES string of the molecule is O=C(NCCn1cc([N+](=O)[O-])cn1)c1ccn(C(F)F)n1. The number of carbonyl (C=O) groups is 1. The van der Waals surface area contributed by atoms with Gasteiger partial charge in [0, 0.05) is 12.7 Å². The van der Waals surface area contributed by atoms with E-state index in [0.717, 1.165) is 12.4 Å². The second-order valence-electron chi connectivity index (χ2n) is 3.93. The van der Waals surface area contributed by atoms with Crippen LogP contribution in [0.25, 0.3) is 0 Å². The molecule has 2 rings (SSSR count). The summed E-state index contributed by atoms with van der Waals surface area (Å²) in [5.41, 5.74) is -0.293. The normalized spacial score (nSPS) is 10.8. The van der Waals surface area contributed by atoms with Gasteiger partial charge in [0.15, 0.2) is 0 Å². The van der Waals surface area contributed by atoms with Crippen LogP contribution >= 0.6 is 0 Å². The molecule has 0 radical (unpaired) electrons. The number of nitrogens with zero attached hydrogens (tertiary/aromatic N) is 5. The van der Waals surface area contributed by atoms with E-state index in [4.69, 9.17) is 0 Å². The van der Waals surface area contributed by atoms with Crippen LogP contribution in [0.1, 0.15) is 17.0 Å². The van der Waals surface area contributed by atoms with E-state index in [2.05, 4.69) is 15.5 Å². The monoisotopic (exact) mass is 300 g/mol. The second-order valence-corrected chi connectivity index (χ2v) is 3.93. The lowest BCUT2D eigenvalue weighted by atomic mass is 10.4. The van der Waals surface area contributed by atoms with Crippen molar-refractivity contribution in [3.8, 4) is 0 Å². The van der Waals surface area contributed by atoms with Gasteiger partial charge in [-0.15, -0.1) is 0 Å². The summed E-state index contributed by atoms with van der Waals surface area (Å²) in [6, 6.07) is 1.17. The Morgan fingerprint density at radius 2 is 2.29 bits per heavy atom. The van der Waals surface area contributed by atoms with Crippen molar-refractivity contribution in [1.29, 1.82) is 0 Å². The van der Waals surface area contributed by atoms with Crippen molar-refractivity contribution in [2.24, 2.45) is 0 Å². The lowest BCUT2D eigenvalue weighted by Gasteiger charge is -2.03. The minimum Gasteiger partial charge on any atom is -0.349 e. The van der Waals surface area contributed by atoms with Gasteiger partial charge < -0.3 is 5.32 Å². The van der Waals surface area contributed by atoms with Gasteiger partial charge in [0.2, 0.25) is 0 Å². The van der Waals surface area contributed by atoms with Crippen molar-refractivity contribution in [3.05, 3.63) is 40.5 Å². The lowest BCUT2D eigenvalue weighted by Crippen LogP contribution is -2.27. The molecule has 0 aromatic carbocycles. The van der Waals surface area contributed by atoms with Gasteiger partial charge in [0.1, 0.15) is 18.1 Å². The molecule has 0 unspecified atom stereocenters. The van der Waals surface area contributed by atoms with Crippen molar-refractivity contribution in [1.82, 2.24) is 24.9 Å². The maximum absolute atomic E-state index is 12.3. The number of nitro groups is 1. The quantitative estimate of drug-likeness (QED) is 0.627. The number of hydrogen-bond acceptors (Lipinski definition) is 5. The van der Waals surface area contributed by atoms with Crippen molar-refractivity contribution in [2.45, 2.75) is 13.1 Å². The summed E-state index contributed by atoms with van der Waals surface area (Å²) in [6.45, 7) is -2.48. The van der Waals surface area contributed by atoms with E-state index in [1.54, 1.807) is 0 Å². The summed E-state index contributed by atoms with van der Waals surface area (Å²) in [5.74, 6) is -0.615. The molecule has 0 aliphatic heterocycles. The van der Waals surface area contributed by atoms with E-state index >= 15 is 0 Å². The van der Waals surface area contributed by atoms with Crippen molar-refractivity contribution in [2.75, 3.05) is 6.54 Å². The van der Waals surface area contributed by atoms with Gasteiger partial charge in [-0.05, 0) is 6.07 Å². The zero-order chi connectivity index (χ0) is 15.4. The number of halogens is 2. The standard InChI is InChI=1S/C10H10F2N6O3/c11-10(12)17-3-1-8(15-17)9(19)13-2-4-16-6-7(5-14-16)18(20)21/h1,3,5-6,10H,2,4H2,(H,13,19). The first-order chi connectivity index (χ1) is 9.97. The third kappa shape index (κ3) is 3.58. The molecule has 2 heterocycles. The van der Waals surface area contributed by atoms with Crippen LogP contribution in [0.4, 0.5) is 14.5 Å². The Morgan fingerprint density at radius 3 is 2.86 bits per heavy atom. The molecule has 11 heteroatoms. The molecule has 1 amide bonds. The Kier molecular flexibility index (Phi) is 4.21. The number of alkyl halides is 2. The number of hydrogen-bond donors (Lipinski definition) is 1. The zero-order valence-electron chi connectivity index (χ0n) is 10.5. The van der Waals surface area contributed by atoms with Gasteiger partial charge in [0.05, 0.1) is 11.5 Å². The molecule has 0 aliphatic carbocycles. The highest BCUT2D eigenvalue weighted by Crippen LogP contribution is 2.09. The average Bonchev–Trinajstić information content (AvgIpc) is 3.07. The topological polar surface area (TPSA) is 108 Å². The van der Waals surface area contributed by atoms with Crippen LogP contribution in [0.15, 0.2) is 24.7 Å². The molecule has 0 saturated carbocycles. The first-order valence-electron chi connectivity index (χ1n) is 5.75. The number of carbonyl (C=O) groups excluding carboxylic acids is 1. The van der Waals surface area contributed by atoms with Crippen LogP contribution in [0, 0.1) is 10.1 Å². The molecule has 1 N–H and O–H groups in total. The molecular formula is C10H10F2N6O3. The maximum atomic E-state index is 12.3. The van der Waals surface area contributed by atoms with E-state index < -0.39 is 17.4 Å². The molecule has 2 aromatic heterocycles. The summed E-state index contributed by atoms with van der Waals surface area (Å²) in [6.07, 6.45) is 3.31. The van der Waals surface area contributed by atoms with E-state index in [9.17, 15) is 23.7 Å². The summed E-state index contributed by atoms with van der Waals surface area (Å²) in [7, 11) is 0. The number of rotatable bonds is 6. The third-order valence-electron chi connectivity index (χ3n) is 2.50. The maximum Gasteiger partial charge on any atom is 0.333 e. The summed E-state index contributed by atoms with van der Waals surface area (Å²) in [5, 5.41) is 20.0. The van der Waals surface area contributed by atoms with E-state index in [1.165, 1.54) is 16.9 Å². The minimum absolute atomic E-state index is 0.124. The average molecular weight is 300 g/mol. The van der Waals surface area contributed by atoms with Crippen LogP contribution in [-0.4, -0.2) is 36.9 Å². The van der Waals surface area contributed by atoms with Crippen LogP contribution in [-0.2, 0) is 6.54 Å². The Hall–Kier alpha value is -2.85. The Labute approximate surface area is 116 Å². The van der Waals surface area contributed by atoms with Crippen LogP contribution in [0.5, 0.6) is 0 Å². The first-order valence-corrected chi connectivity index (χ1v) is 5.75. The Morgan fingerprint density at radius 1 is 1.52 bits per heavy atom. The van der Waals surface area contributed by atoms with E-state index in [-0.39, 0.29) is 24.5 Å². The molecule has 0 fully saturated rings. The zero-order valence-corrected chi connectivity index (χ0v) is 10.5. The van der Waals surface area contributed by atoms with Crippen LogP contribution < -0.4 is 5.32 Å². The van der Waals surface area contributed by atoms with Gasteiger partial charge in [-0.2, -0.15) is 19.0 Å². The minimum atomic E-state index is -2.81. The molecule has 2 aromatic rings. The number of nitrogens with one attached hydrogen (secondary N) is 1. The fourth-order valence-corrected chi connectivity index (χ4v) is 1.51. The molecule has 9 nitrogen and oxygen atoms in total. The highest BCUT2D eigenvalue weighted by Gasteiger charge is 2.13. The first kappa shape index (κ1) is 14.6. The number of amides is 1. The Bertz CT molecular complexity index is 653. The number of aromatic nitrogens is 4. The van der Waals surface area contributed by atoms with E-state index in [0.29, 0.717) is 4.68 Å². The fraction of sp³-hybridized carbons (Fsp3) is 0.300. The lowest BCUT2D eigenvalue weighted by molar-refractivity contribution is -0.385. The summed E-state index contributed by atoms with van der Waals surface area (Å²) in [4.78, 5) is 21.5. The summed E-state index contributed by atoms with van der Waals surface area (Å²) >= 11 is 0. The highest BCUT2D eigenvalue weighted by molar-refractivity contribution is 5.92. The van der Waals surface area contributed by atoms with Gasteiger partial charge >= 0.3 is 12.2 Å². The molecule has 21 heavy (non-hydrogen) atoms. The third-order valence-corrected chi connectivity index (χ3v) is 2.50. The van der Waals surface area contributed by atoms with Crippen molar-refractivity contribution < 1.29 is 18.5 Å².